The van der Waals surface area contributed by atoms with Gasteiger partial charge in [-0.05, 0) is 57.0 Å². The first kappa shape index (κ1) is 17.0. The van der Waals surface area contributed by atoms with Gasteiger partial charge in [-0.3, -0.25) is 5.32 Å². The zero-order valence-corrected chi connectivity index (χ0v) is 13.1. The van der Waals surface area contributed by atoms with E-state index in [4.69, 9.17) is 0 Å². The zero-order valence-electron chi connectivity index (χ0n) is 12.3. The number of hydrogen-bond acceptors (Lipinski definition) is 3. The lowest BCUT2D eigenvalue weighted by atomic mass is 9.96. The number of halogens is 1. The van der Waals surface area contributed by atoms with Crippen molar-refractivity contribution >= 4 is 11.8 Å². The fourth-order valence-electron chi connectivity index (χ4n) is 1.91. The lowest BCUT2D eigenvalue weighted by Crippen LogP contribution is -2.41. The summed E-state index contributed by atoms with van der Waals surface area (Å²) in [7, 11) is 0. The van der Waals surface area contributed by atoms with Gasteiger partial charge in [0, 0.05) is 4.90 Å². The van der Waals surface area contributed by atoms with Gasteiger partial charge in [-0.1, -0.05) is 19.1 Å². The van der Waals surface area contributed by atoms with Crippen molar-refractivity contribution < 1.29 is 4.39 Å². The Kier molecular flexibility index (Phi) is 7.64. The van der Waals surface area contributed by atoms with Gasteiger partial charge in [0.25, 0.3) is 0 Å². The summed E-state index contributed by atoms with van der Waals surface area (Å²) in [5.41, 5.74) is -0.432. The van der Waals surface area contributed by atoms with Crippen LogP contribution < -0.4 is 5.32 Å². The van der Waals surface area contributed by atoms with Crippen molar-refractivity contribution in [2.45, 2.75) is 50.0 Å². The summed E-state index contributed by atoms with van der Waals surface area (Å²) in [5, 5.41) is 12.5. The quantitative estimate of drug-likeness (QED) is 0.542. The largest absolute Gasteiger partial charge is 0.300 e. The van der Waals surface area contributed by atoms with Crippen LogP contribution in [0.5, 0.6) is 0 Å². The van der Waals surface area contributed by atoms with E-state index in [9.17, 15) is 9.65 Å². The Bertz CT molecular complexity index is 444. The molecule has 0 saturated heterocycles. The first-order valence-corrected chi connectivity index (χ1v) is 8.13. The van der Waals surface area contributed by atoms with Crippen LogP contribution in [0.4, 0.5) is 4.39 Å². The van der Waals surface area contributed by atoms with Gasteiger partial charge < -0.3 is 0 Å². The molecule has 0 radical (unpaired) electrons. The van der Waals surface area contributed by atoms with E-state index in [0.717, 1.165) is 38.0 Å². The molecule has 0 aliphatic heterocycles. The van der Waals surface area contributed by atoms with Gasteiger partial charge in [0.05, 0.1) is 6.07 Å². The summed E-state index contributed by atoms with van der Waals surface area (Å²) in [6.07, 6.45) is 3.83. The molecule has 2 nitrogen and oxygen atoms in total. The number of rotatable bonds is 9. The van der Waals surface area contributed by atoms with Crippen molar-refractivity contribution in [3.8, 4) is 6.07 Å². The van der Waals surface area contributed by atoms with Crippen LogP contribution >= 0.6 is 11.8 Å². The minimum Gasteiger partial charge on any atom is -0.300 e. The van der Waals surface area contributed by atoms with Crippen LogP contribution in [0.15, 0.2) is 29.2 Å². The number of hydrogen-bond donors (Lipinski definition) is 1. The molecule has 0 saturated carbocycles. The molecule has 1 aromatic carbocycles. The molecule has 1 rings (SSSR count). The molecule has 0 fully saturated rings. The van der Waals surface area contributed by atoms with Crippen molar-refractivity contribution in [3.63, 3.8) is 0 Å². The monoisotopic (exact) mass is 294 g/mol. The van der Waals surface area contributed by atoms with Gasteiger partial charge in [-0.2, -0.15) is 5.26 Å². The van der Waals surface area contributed by atoms with E-state index in [0.29, 0.717) is 4.90 Å². The van der Waals surface area contributed by atoms with Gasteiger partial charge in [0.2, 0.25) is 0 Å². The number of nitrogens with zero attached hydrogens (tertiary/aromatic N) is 1. The lowest BCUT2D eigenvalue weighted by molar-refractivity contribution is 0.406. The number of benzene rings is 1. The normalized spacial score (nSPS) is 13.7. The third kappa shape index (κ3) is 5.94. The molecule has 1 N–H and O–H groups in total. The van der Waals surface area contributed by atoms with Gasteiger partial charge in [-0.15, -0.1) is 11.8 Å². The third-order valence-electron chi connectivity index (χ3n) is 3.18. The Balaban J connectivity index is 2.25. The Hall–Kier alpha value is -1.05. The molecule has 0 aromatic heterocycles. The maximum Gasteiger partial charge on any atom is 0.136 e. The first-order chi connectivity index (χ1) is 9.61. The highest BCUT2D eigenvalue weighted by Gasteiger charge is 2.21. The van der Waals surface area contributed by atoms with E-state index in [1.807, 2.05) is 19.1 Å². The minimum absolute atomic E-state index is 0.149. The second-order valence-electron chi connectivity index (χ2n) is 5.11. The maximum atomic E-state index is 13.4. The standard InChI is InChI=1S/C16H23FN2S/c1-3-11-19-16(2,13-18)10-6-7-12-20-15-9-5-4-8-14(15)17/h4-5,8-9,19H,3,6-7,10-12H2,1-2H3. The molecule has 0 aliphatic rings. The van der Waals surface area contributed by atoms with E-state index >= 15 is 0 Å². The second-order valence-corrected chi connectivity index (χ2v) is 6.24. The smallest absolute Gasteiger partial charge is 0.136 e. The molecule has 1 atom stereocenters. The predicted octanol–water partition coefficient (Wildman–Crippen LogP) is 4.37. The van der Waals surface area contributed by atoms with Gasteiger partial charge in [0.1, 0.15) is 11.4 Å². The summed E-state index contributed by atoms with van der Waals surface area (Å²) >= 11 is 1.54. The zero-order chi connectivity index (χ0) is 14.8. The molecule has 0 heterocycles. The number of thioether (sulfide) groups is 1. The van der Waals surface area contributed by atoms with Crippen LogP contribution in [0, 0.1) is 17.1 Å². The topological polar surface area (TPSA) is 35.8 Å². The maximum absolute atomic E-state index is 13.4. The van der Waals surface area contributed by atoms with Crippen LogP contribution in [0.1, 0.15) is 39.5 Å². The predicted molar refractivity (Wildman–Crippen MR) is 83.3 cm³/mol. The molecule has 4 heteroatoms. The van der Waals surface area contributed by atoms with Gasteiger partial charge in [0.15, 0.2) is 0 Å². The summed E-state index contributed by atoms with van der Waals surface area (Å²) in [5.74, 6) is 0.736. The molecule has 0 bridgehead atoms. The summed E-state index contributed by atoms with van der Waals surface area (Å²) in [6, 6.07) is 9.21. The Labute approximate surface area is 125 Å². The highest BCUT2D eigenvalue weighted by molar-refractivity contribution is 7.99. The molecule has 0 aliphatic carbocycles. The highest BCUT2D eigenvalue weighted by atomic mass is 32.2. The molecule has 20 heavy (non-hydrogen) atoms. The van der Waals surface area contributed by atoms with E-state index in [-0.39, 0.29) is 5.82 Å². The van der Waals surface area contributed by atoms with Crippen LogP contribution in [0.3, 0.4) is 0 Å². The SMILES string of the molecule is CCCNC(C)(C#N)CCCCSc1ccccc1F. The third-order valence-corrected chi connectivity index (χ3v) is 4.31. The fourth-order valence-corrected chi connectivity index (χ4v) is 2.86. The lowest BCUT2D eigenvalue weighted by Gasteiger charge is -2.22. The van der Waals surface area contributed by atoms with E-state index in [2.05, 4.69) is 18.3 Å². The number of nitriles is 1. The first-order valence-electron chi connectivity index (χ1n) is 7.15. The summed E-state index contributed by atoms with van der Waals surface area (Å²) in [6.45, 7) is 4.91. The number of unbranched alkanes of at least 4 members (excludes halogenated alkanes) is 1. The molecule has 110 valence electrons. The van der Waals surface area contributed by atoms with Crippen LogP contribution in [0.25, 0.3) is 0 Å². The van der Waals surface area contributed by atoms with E-state index in [1.165, 1.54) is 6.07 Å². The summed E-state index contributed by atoms with van der Waals surface area (Å²) in [4.78, 5) is 0.708. The highest BCUT2D eigenvalue weighted by Crippen LogP contribution is 2.23. The average molecular weight is 294 g/mol. The second kappa shape index (κ2) is 8.99. The Morgan fingerprint density at radius 3 is 2.75 bits per heavy atom. The van der Waals surface area contributed by atoms with Gasteiger partial charge in [-0.25, -0.2) is 4.39 Å². The van der Waals surface area contributed by atoms with Crippen molar-refractivity contribution in [1.82, 2.24) is 5.32 Å². The minimum atomic E-state index is -0.432. The fraction of sp³-hybridized carbons (Fsp3) is 0.562. The van der Waals surface area contributed by atoms with Crippen molar-refractivity contribution in [2.75, 3.05) is 12.3 Å². The van der Waals surface area contributed by atoms with Crippen molar-refractivity contribution in [1.29, 1.82) is 5.26 Å². The molecule has 0 amide bonds. The molecule has 1 unspecified atom stereocenters. The number of nitrogens with one attached hydrogen (secondary N) is 1. The van der Waals surface area contributed by atoms with E-state index < -0.39 is 5.54 Å². The average Bonchev–Trinajstić information content (AvgIpc) is 2.46. The molecule has 1 aromatic rings. The van der Waals surface area contributed by atoms with Crippen LogP contribution in [-0.2, 0) is 0 Å². The Morgan fingerprint density at radius 1 is 1.35 bits per heavy atom. The Morgan fingerprint density at radius 2 is 2.10 bits per heavy atom. The van der Waals surface area contributed by atoms with Gasteiger partial charge >= 0.3 is 0 Å². The van der Waals surface area contributed by atoms with Crippen LogP contribution in [0.2, 0.25) is 0 Å². The van der Waals surface area contributed by atoms with E-state index in [1.54, 1.807) is 17.8 Å². The summed E-state index contributed by atoms with van der Waals surface area (Å²) < 4.78 is 13.4. The van der Waals surface area contributed by atoms with Crippen molar-refractivity contribution in [2.24, 2.45) is 0 Å². The molecular weight excluding hydrogens is 271 g/mol. The molecular formula is C16H23FN2S. The molecule has 0 spiro atoms. The van der Waals surface area contributed by atoms with Crippen LogP contribution in [-0.4, -0.2) is 17.8 Å². The van der Waals surface area contributed by atoms with Crippen molar-refractivity contribution in [3.05, 3.63) is 30.1 Å².